The molecule has 82 valence electrons. The topological polar surface area (TPSA) is 104 Å². The van der Waals surface area contributed by atoms with Crippen molar-refractivity contribution in [3.63, 3.8) is 0 Å². The molecule has 0 bridgehead atoms. The van der Waals surface area contributed by atoms with Crippen molar-refractivity contribution in [1.82, 2.24) is 4.98 Å². The normalized spacial score (nSPS) is 11.3. The Morgan fingerprint density at radius 2 is 2.19 bits per heavy atom. The summed E-state index contributed by atoms with van der Waals surface area (Å²) in [4.78, 5) is 13.7. The van der Waals surface area contributed by atoms with E-state index in [4.69, 9.17) is 5.73 Å². The van der Waals surface area contributed by atoms with Crippen molar-refractivity contribution in [3.05, 3.63) is 24.3 Å². The number of azo groups is 1. The molecule has 1 amide bonds. The summed E-state index contributed by atoms with van der Waals surface area (Å²) in [6.45, 7) is -0.204. The number of carbonyl (C=O) groups is 1. The highest BCUT2D eigenvalue weighted by molar-refractivity contribution is 5.91. The average Bonchev–Trinajstić information content (AvgIpc) is 2.64. The van der Waals surface area contributed by atoms with Crippen molar-refractivity contribution in [3.8, 4) is 5.75 Å². The molecule has 6 heteroatoms. The number of nitrogens with one attached hydrogen (secondary N) is 1. The highest BCUT2D eigenvalue weighted by atomic mass is 16.3. The maximum Gasteiger partial charge on any atom is 0.278 e. The molecule has 0 aliphatic rings. The third kappa shape index (κ3) is 1.78. The Bertz CT molecular complexity index is 559. The van der Waals surface area contributed by atoms with Crippen molar-refractivity contribution in [2.75, 3.05) is 6.54 Å². The van der Waals surface area contributed by atoms with Gasteiger partial charge in [0.2, 0.25) is 0 Å². The summed E-state index contributed by atoms with van der Waals surface area (Å²) in [6, 6.07) is 7.15. The summed E-state index contributed by atoms with van der Waals surface area (Å²) >= 11 is 0. The van der Waals surface area contributed by atoms with Crippen LogP contribution >= 0.6 is 0 Å². The number of hydrogen-bond donors (Lipinski definition) is 3. The molecule has 0 radical (unpaired) electrons. The van der Waals surface area contributed by atoms with Gasteiger partial charge < -0.3 is 15.8 Å². The second kappa shape index (κ2) is 4.11. The lowest BCUT2D eigenvalue weighted by atomic mass is 10.2. The molecule has 1 aromatic carbocycles. The molecular weight excluding hydrogens is 208 g/mol. The second-order valence-corrected chi connectivity index (χ2v) is 3.17. The molecule has 6 nitrogen and oxygen atoms in total. The van der Waals surface area contributed by atoms with Crippen molar-refractivity contribution in [2.24, 2.45) is 16.0 Å². The molecule has 0 spiro atoms. The first-order valence-electron chi connectivity index (χ1n) is 4.66. The minimum absolute atomic E-state index is 0.0239. The highest BCUT2D eigenvalue weighted by Gasteiger charge is 2.08. The van der Waals surface area contributed by atoms with E-state index < -0.39 is 5.91 Å². The molecular formula is C10H10N4O2. The summed E-state index contributed by atoms with van der Waals surface area (Å²) < 4.78 is 0. The monoisotopic (exact) mass is 218 g/mol. The zero-order valence-corrected chi connectivity index (χ0v) is 8.34. The SMILES string of the molecule is NCC(=O)N=Nc1[nH]c2ccccc2c1O. The number of nitrogens with two attached hydrogens (primary N) is 1. The fraction of sp³-hybridized carbons (Fsp3) is 0.100. The largest absolute Gasteiger partial charge is 0.504 e. The van der Waals surface area contributed by atoms with Gasteiger partial charge in [-0.25, -0.2) is 0 Å². The number of rotatable bonds is 2. The number of H-pyrrole nitrogens is 1. The van der Waals surface area contributed by atoms with Gasteiger partial charge in [0.05, 0.1) is 12.1 Å². The van der Waals surface area contributed by atoms with Crippen LogP contribution in [0.15, 0.2) is 34.5 Å². The van der Waals surface area contributed by atoms with Crippen molar-refractivity contribution >= 4 is 22.6 Å². The summed E-state index contributed by atoms with van der Waals surface area (Å²) in [6.07, 6.45) is 0. The summed E-state index contributed by atoms with van der Waals surface area (Å²) in [5.41, 5.74) is 5.80. The Hall–Kier alpha value is -2.21. The Morgan fingerprint density at radius 3 is 2.88 bits per heavy atom. The van der Waals surface area contributed by atoms with Crippen molar-refractivity contribution < 1.29 is 9.90 Å². The van der Waals surface area contributed by atoms with Crippen LogP contribution in [0.25, 0.3) is 10.9 Å². The van der Waals surface area contributed by atoms with Gasteiger partial charge in [-0.1, -0.05) is 12.1 Å². The number of aromatic amines is 1. The Kier molecular flexibility index (Phi) is 2.65. The van der Waals surface area contributed by atoms with E-state index in [9.17, 15) is 9.90 Å². The minimum Gasteiger partial charge on any atom is -0.504 e. The lowest BCUT2D eigenvalue weighted by Crippen LogP contribution is -2.09. The number of aromatic hydroxyl groups is 1. The number of nitrogens with zero attached hydrogens (tertiary/aromatic N) is 2. The molecule has 1 heterocycles. The number of carbonyl (C=O) groups excluding carboxylic acids is 1. The van der Waals surface area contributed by atoms with E-state index in [1.54, 1.807) is 18.2 Å². The van der Waals surface area contributed by atoms with Gasteiger partial charge in [-0.05, 0) is 12.1 Å². The van der Waals surface area contributed by atoms with Gasteiger partial charge in [0.1, 0.15) is 0 Å². The molecule has 0 unspecified atom stereocenters. The van der Waals surface area contributed by atoms with Crippen molar-refractivity contribution in [1.29, 1.82) is 0 Å². The van der Waals surface area contributed by atoms with Crippen LogP contribution in [0.5, 0.6) is 5.75 Å². The third-order valence-electron chi connectivity index (χ3n) is 2.10. The fourth-order valence-corrected chi connectivity index (χ4v) is 1.33. The van der Waals surface area contributed by atoms with Gasteiger partial charge in [-0.3, -0.25) is 4.79 Å². The molecule has 0 saturated carbocycles. The van der Waals surface area contributed by atoms with Crippen LogP contribution in [-0.2, 0) is 4.79 Å². The molecule has 2 rings (SSSR count). The standard InChI is InChI=1S/C10H10N4O2/c11-5-8(15)13-14-10-9(16)6-3-1-2-4-7(6)12-10/h1-4,12,16H,5,11H2. The number of fused-ring (bicyclic) bond motifs is 1. The molecule has 0 saturated heterocycles. The molecule has 0 aliphatic carbocycles. The zero-order chi connectivity index (χ0) is 11.5. The number of benzene rings is 1. The first kappa shape index (κ1) is 10.3. The summed E-state index contributed by atoms with van der Waals surface area (Å²) in [5.74, 6) is -0.412. The van der Waals surface area contributed by atoms with E-state index in [2.05, 4.69) is 15.2 Å². The lowest BCUT2D eigenvalue weighted by Gasteiger charge is -1.88. The smallest absolute Gasteiger partial charge is 0.278 e. The van der Waals surface area contributed by atoms with Gasteiger partial charge in [0.25, 0.3) is 5.91 Å². The van der Waals surface area contributed by atoms with Crippen LogP contribution in [0.1, 0.15) is 0 Å². The van der Waals surface area contributed by atoms with E-state index >= 15 is 0 Å². The number of hydrogen-bond acceptors (Lipinski definition) is 4. The predicted molar refractivity (Wildman–Crippen MR) is 58.5 cm³/mol. The fourth-order valence-electron chi connectivity index (χ4n) is 1.33. The van der Waals surface area contributed by atoms with E-state index in [-0.39, 0.29) is 18.1 Å². The summed E-state index contributed by atoms with van der Waals surface area (Å²) in [7, 11) is 0. The quantitative estimate of drug-likeness (QED) is 0.664. The molecule has 0 aliphatic heterocycles. The van der Waals surface area contributed by atoms with Crippen LogP contribution in [0.4, 0.5) is 5.82 Å². The van der Waals surface area contributed by atoms with Crippen molar-refractivity contribution in [2.45, 2.75) is 0 Å². The molecule has 2 aromatic rings. The maximum absolute atomic E-state index is 10.8. The average molecular weight is 218 g/mol. The van der Waals surface area contributed by atoms with E-state index in [0.717, 1.165) is 5.52 Å². The van der Waals surface area contributed by atoms with E-state index in [1.165, 1.54) is 0 Å². The first-order valence-corrected chi connectivity index (χ1v) is 4.66. The van der Waals surface area contributed by atoms with Gasteiger partial charge in [-0.2, -0.15) is 0 Å². The lowest BCUT2D eigenvalue weighted by molar-refractivity contribution is -0.116. The first-order chi connectivity index (χ1) is 7.72. The van der Waals surface area contributed by atoms with E-state index in [0.29, 0.717) is 5.39 Å². The zero-order valence-electron chi connectivity index (χ0n) is 8.34. The Morgan fingerprint density at radius 1 is 1.44 bits per heavy atom. The molecule has 1 aromatic heterocycles. The number of aromatic nitrogens is 1. The molecule has 0 atom stereocenters. The third-order valence-corrected chi connectivity index (χ3v) is 2.10. The minimum atomic E-state index is -0.543. The Balaban J connectivity index is 2.42. The van der Waals surface area contributed by atoms with Crippen LogP contribution in [0.3, 0.4) is 0 Å². The van der Waals surface area contributed by atoms with Gasteiger partial charge in [0.15, 0.2) is 11.6 Å². The number of amides is 1. The van der Waals surface area contributed by atoms with Gasteiger partial charge >= 0.3 is 0 Å². The highest BCUT2D eigenvalue weighted by Crippen LogP contribution is 2.34. The molecule has 4 N–H and O–H groups in total. The maximum atomic E-state index is 10.8. The van der Waals surface area contributed by atoms with Crippen LogP contribution in [-0.4, -0.2) is 22.5 Å². The van der Waals surface area contributed by atoms with Gasteiger partial charge in [0, 0.05) is 5.39 Å². The van der Waals surface area contributed by atoms with Crippen LogP contribution in [0.2, 0.25) is 0 Å². The van der Waals surface area contributed by atoms with Crippen LogP contribution < -0.4 is 5.73 Å². The molecule has 16 heavy (non-hydrogen) atoms. The number of para-hydroxylation sites is 1. The van der Waals surface area contributed by atoms with Crippen LogP contribution in [0, 0.1) is 0 Å². The van der Waals surface area contributed by atoms with Gasteiger partial charge in [-0.15, -0.1) is 10.2 Å². The van der Waals surface area contributed by atoms with E-state index in [1.807, 2.05) is 6.07 Å². The summed E-state index contributed by atoms with van der Waals surface area (Å²) in [5, 5.41) is 17.3. The Labute approximate surface area is 90.8 Å². The molecule has 0 fully saturated rings. The second-order valence-electron chi connectivity index (χ2n) is 3.17. The predicted octanol–water partition coefficient (Wildman–Crippen LogP) is 1.44.